The number of nitrogens with zero attached hydrogens (tertiary/aromatic N) is 5. The molecule has 14 nitrogen and oxygen atoms in total. The van der Waals surface area contributed by atoms with Crippen molar-refractivity contribution >= 4 is 34.6 Å². The molecule has 0 radical (unpaired) electrons. The van der Waals surface area contributed by atoms with Gasteiger partial charge < -0.3 is 18.9 Å². The number of oxazole rings is 1. The van der Waals surface area contributed by atoms with Gasteiger partial charge in [-0.2, -0.15) is 0 Å². The van der Waals surface area contributed by atoms with E-state index in [4.69, 9.17) is 8.83 Å². The summed E-state index contributed by atoms with van der Waals surface area (Å²) in [6, 6.07) is 11.6. The first-order chi connectivity index (χ1) is 22.3. The highest BCUT2D eigenvalue weighted by Gasteiger charge is 2.37. The number of methoxy groups -OCH3 is 1. The smallest absolute Gasteiger partial charge is 0.411 e. The van der Waals surface area contributed by atoms with Gasteiger partial charge in [-0.3, -0.25) is 24.3 Å². The number of rotatable bonds is 10. The molecule has 2 aromatic carbocycles. The maximum absolute atomic E-state index is 13.7. The number of amides is 2. The zero-order valence-corrected chi connectivity index (χ0v) is 26.5. The fourth-order valence-corrected chi connectivity index (χ4v) is 4.78. The maximum atomic E-state index is 13.7. The van der Waals surface area contributed by atoms with Crippen LogP contribution in [0.4, 0.5) is 14.9 Å². The van der Waals surface area contributed by atoms with Crippen molar-refractivity contribution in [2.24, 2.45) is 5.92 Å². The Morgan fingerprint density at radius 2 is 1.74 bits per heavy atom. The van der Waals surface area contributed by atoms with E-state index in [1.807, 2.05) is 0 Å². The zero-order valence-electron chi connectivity index (χ0n) is 26.5. The van der Waals surface area contributed by atoms with E-state index in [9.17, 15) is 23.6 Å². The Labute approximate surface area is 267 Å². The third kappa shape index (κ3) is 6.64. The van der Waals surface area contributed by atoms with Gasteiger partial charge in [-0.05, 0) is 38.8 Å². The van der Waals surface area contributed by atoms with Gasteiger partial charge in [0.15, 0.2) is 5.58 Å². The summed E-state index contributed by atoms with van der Waals surface area (Å²) in [5.41, 5.74) is -0.530. The number of aryl methyl sites for hydroxylation is 1. The third-order valence-electron chi connectivity index (χ3n) is 7.42. The second-order valence-electron chi connectivity index (χ2n) is 11.6. The molecule has 5 rings (SSSR count). The molecule has 0 spiro atoms. The van der Waals surface area contributed by atoms with Crippen LogP contribution in [0.3, 0.4) is 0 Å². The van der Waals surface area contributed by atoms with Gasteiger partial charge in [0.1, 0.15) is 34.8 Å². The summed E-state index contributed by atoms with van der Waals surface area (Å²) in [7, 11) is 1.15. The van der Waals surface area contributed by atoms with E-state index in [-0.39, 0.29) is 40.5 Å². The highest BCUT2D eigenvalue weighted by atomic mass is 19.1. The maximum Gasteiger partial charge on any atom is 0.411 e. The molecule has 0 aliphatic heterocycles. The minimum absolute atomic E-state index is 0.0112. The fraction of sp³-hybridized carbons (Fsp3) is 0.312. The summed E-state index contributed by atoms with van der Waals surface area (Å²) in [4.78, 5) is 61.5. The van der Waals surface area contributed by atoms with Crippen molar-refractivity contribution in [3.63, 3.8) is 0 Å². The third-order valence-corrected chi connectivity index (χ3v) is 7.42. The number of carbonyl (C=O) groups is 3. The van der Waals surface area contributed by atoms with Crippen LogP contribution < -0.4 is 16.2 Å². The predicted molar refractivity (Wildman–Crippen MR) is 166 cm³/mol. The first kappa shape index (κ1) is 32.7. The molecule has 2 N–H and O–H groups in total. The van der Waals surface area contributed by atoms with Crippen LogP contribution in [-0.2, 0) is 21.5 Å². The monoisotopic (exact) mass is 645 g/mol. The number of halogens is 1. The Bertz CT molecular complexity index is 2030. The largest absolute Gasteiger partial charge is 0.453 e. The average Bonchev–Trinajstić information content (AvgIpc) is 3.72. The lowest BCUT2D eigenvalue weighted by Crippen LogP contribution is -2.47. The van der Waals surface area contributed by atoms with Gasteiger partial charge in [-0.15, -0.1) is 10.2 Å². The molecule has 0 unspecified atom stereocenters. The standard InChI is InChI=1S/C32H32FN7O7/c1-16(2)23(25(42)27-38-39-30(47-27)32(4,5)29-35-20-13-12-19(33)14-21(20)46-29)36-22(41)15-40-26(18-10-8-7-9-11-18)34-17(3)24(28(40)43)37-31(44)45-6/h7-14,16,23H,15H2,1-6H3,(H,36,41)(H,37,44)/t23-/m0/s1. The first-order valence-corrected chi connectivity index (χ1v) is 14.6. The van der Waals surface area contributed by atoms with Gasteiger partial charge in [0, 0.05) is 11.6 Å². The Hall–Kier alpha value is -5.73. The minimum atomic E-state index is -1.12. The van der Waals surface area contributed by atoms with Gasteiger partial charge in [-0.1, -0.05) is 44.2 Å². The number of aromatic nitrogens is 5. The van der Waals surface area contributed by atoms with Crippen LogP contribution in [-0.4, -0.2) is 55.7 Å². The van der Waals surface area contributed by atoms with E-state index >= 15 is 0 Å². The molecule has 15 heteroatoms. The molecule has 3 heterocycles. The Balaban J connectivity index is 1.41. The number of carbonyl (C=O) groups excluding carboxylic acids is 3. The lowest BCUT2D eigenvalue weighted by Gasteiger charge is -2.21. The lowest BCUT2D eigenvalue weighted by molar-refractivity contribution is -0.122. The SMILES string of the molecule is COC(=O)Nc1c(C)nc(-c2ccccc2)n(CC(=O)N[C@H](C(=O)c2nnc(C(C)(C)c3nc4ccc(F)cc4o3)o2)C(C)C)c1=O. The van der Waals surface area contributed by atoms with Crippen molar-refractivity contribution in [2.75, 3.05) is 12.4 Å². The Morgan fingerprint density at radius 1 is 1.02 bits per heavy atom. The van der Waals surface area contributed by atoms with Crippen molar-refractivity contribution in [3.05, 3.63) is 88.1 Å². The quantitative estimate of drug-likeness (QED) is 0.205. The van der Waals surface area contributed by atoms with Crippen LogP contribution >= 0.6 is 0 Å². The van der Waals surface area contributed by atoms with Gasteiger partial charge in [-0.25, -0.2) is 19.2 Å². The van der Waals surface area contributed by atoms with Crippen molar-refractivity contribution in [2.45, 2.75) is 52.6 Å². The van der Waals surface area contributed by atoms with E-state index in [0.717, 1.165) is 11.7 Å². The molecule has 2 amide bonds. The molecule has 0 fully saturated rings. The summed E-state index contributed by atoms with van der Waals surface area (Å²) in [6.45, 7) is 7.82. The normalized spacial score (nSPS) is 12.3. The molecular formula is C32H32FN7O7. The Kier molecular flexibility index (Phi) is 8.99. The number of Topliss-reactive ketones (excluding diaryl/α,β-unsaturated/α-hetero) is 1. The van der Waals surface area contributed by atoms with Crippen LogP contribution in [0.25, 0.3) is 22.5 Å². The van der Waals surface area contributed by atoms with Crippen molar-refractivity contribution in [1.82, 2.24) is 30.0 Å². The molecule has 0 bridgehead atoms. The number of fused-ring (bicyclic) bond motifs is 1. The summed E-state index contributed by atoms with van der Waals surface area (Å²) in [5, 5.41) is 13.0. The molecule has 47 heavy (non-hydrogen) atoms. The van der Waals surface area contributed by atoms with Crippen molar-refractivity contribution in [1.29, 1.82) is 0 Å². The molecule has 0 saturated carbocycles. The summed E-state index contributed by atoms with van der Waals surface area (Å²) in [6.07, 6.45) is -0.881. The van der Waals surface area contributed by atoms with Gasteiger partial charge in [0.25, 0.3) is 11.4 Å². The van der Waals surface area contributed by atoms with Gasteiger partial charge in [0.2, 0.25) is 23.5 Å². The summed E-state index contributed by atoms with van der Waals surface area (Å²) >= 11 is 0. The number of benzene rings is 2. The lowest BCUT2D eigenvalue weighted by atomic mass is 9.93. The summed E-state index contributed by atoms with van der Waals surface area (Å²) < 4.78 is 30.9. The number of hydrogen-bond acceptors (Lipinski definition) is 11. The van der Waals surface area contributed by atoms with E-state index in [1.54, 1.807) is 65.0 Å². The number of hydrogen-bond donors (Lipinski definition) is 2. The van der Waals surface area contributed by atoms with E-state index < -0.39 is 53.1 Å². The fourth-order valence-electron chi connectivity index (χ4n) is 4.78. The molecule has 5 aromatic rings. The number of ether oxygens (including phenoxy) is 1. The van der Waals surface area contributed by atoms with Gasteiger partial charge in [0.05, 0.1) is 18.8 Å². The van der Waals surface area contributed by atoms with Crippen LogP contribution in [0.15, 0.2) is 62.2 Å². The number of nitrogens with one attached hydrogen (secondary N) is 2. The molecular weight excluding hydrogens is 613 g/mol. The first-order valence-electron chi connectivity index (χ1n) is 14.6. The molecule has 244 valence electrons. The minimum Gasteiger partial charge on any atom is -0.453 e. The molecule has 0 saturated heterocycles. The molecule has 3 aromatic heterocycles. The van der Waals surface area contributed by atoms with Crippen LogP contribution in [0, 0.1) is 18.7 Å². The van der Waals surface area contributed by atoms with Crippen LogP contribution in [0.1, 0.15) is 55.9 Å². The average molecular weight is 646 g/mol. The van der Waals surface area contributed by atoms with E-state index in [2.05, 4.69) is 35.5 Å². The number of anilines is 1. The zero-order chi connectivity index (χ0) is 34.0. The van der Waals surface area contributed by atoms with Gasteiger partial charge >= 0.3 is 6.09 Å². The van der Waals surface area contributed by atoms with E-state index in [1.165, 1.54) is 18.2 Å². The highest BCUT2D eigenvalue weighted by molar-refractivity contribution is 5.98. The van der Waals surface area contributed by atoms with Crippen LogP contribution in [0.2, 0.25) is 0 Å². The molecule has 0 aliphatic rings. The van der Waals surface area contributed by atoms with Crippen molar-refractivity contribution in [3.8, 4) is 11.4 Å². The second-order valence-corrected chi connectivity index (χ2v) is 11.6. The van der Waals surface area contributed by atoms with Crippen molar-refractivity contribution < 1.29 is 32.3 Å². The highest BCUT2D eigenvalue weighted by Crippen LogP contribution is 2.32. The van der Waals surface area contributed by atoms with E-state index in [0.29, 0.717) is 11.1 Å². The summed E-state index contributed by atoms with van der Waals surface area (Å²) in [5.74, 6) is -2.27. The molecule has 0 aliphatic carbocycles. The Morgan fingerprint density at radius 3 is 2.43 bits per heavy atom. The second kappa shape index (κ2) is 12.9. The predicted octanol–water partition coefficient (Wildman–Crippen LogP) is 4.41. The topological polar surface area (TPSA) is 184 Å². The molecule has 1 atom stereocenters. The van der Waals surface area contributed by atoms with Crippen LogP contribution in [0.5, 0.6) is 0 Å². The number of ketones is 1.